The van der Waals surface area contributed by atoms with Gasteiger partial charge >= 0.3 is 0 Å². The molecule has 6 nitrogen and oxygen atoms in total. The van der Waals surface area contributed by atoms with Crippen LogP contribution in [0.4, 0.5) is 5.69 Å². The van der Waals surface area contributed by atoms with Crippen molar-refractivity contribution in [2.24, 2.45) is 5.92 Å². The fraction of sp³-hybridized carbons (Fsp3) is 0.524. The maximum Gasteiger partial charge on any atom is 0.250 e. The van der Waals surface area contributed by atoms with Gasteiger partial charge in [-0.3, -0.25) is 0 Å². The first-order chi connectivity index (χ1) is 14.1. The third kappa shape index (κ3) is 5.51. The zero-order chi connectivity index (χ0) is 20.1. The summed E-state index contributed by atoms with van der Waals surface area (Å²) in [6, 6.07) is 11.3. The van der Waals surface area contributed by atoms with Crippen molar-refractivity contribution >= 4 is 27.0 Å². The molecule has 1 aliphatic carbocycles. The molecule has 29 heavy (non-hydrogen) atoms. The summed E-state index contributed by atoms with van der Waals surface area (Å²) in [5, 5.41) is 3.94. The molecule has 2 aromatic rings. The van der Waals surface area contributed by atoms with Crippen LogP contribution in [0.15, 0.2) is 40.6 Å². The summed E-state index contributed by atoms with van der Waals surface area (Å²) < 4.78 is 34.3. The Morgan fingerprint density at radius 1 is 1.10 bits per heavy atom. The number of nitrogens with zero attached hydrogens (tertiary/aromatic N) is 1. The van der Waals surface area contributed by atoms with E-state index in [1.54, 1.807) is 12.1 Å². The molecule has 2 aliphatic rings. The molecule has 0 atom stereocenters. The van der Waals surface area contributed by atoms with Crippen LogP contribution in [-0.4, -0.2) is 41.1 Å². The van der Waals surface area contributed by atoms with Crippen molar-refractivity contribution in [1.29, 1.82) is 0 Å². The van der Waals surface area contributed by atoms with Crippen molar-refractivity contribution in [2.45, 2.75) is 36.3 Å². The van der Waals surface area contributed by atoms with Crippen molar-refractivity contribution < 1.29 is 13.2 Å². The van der Waals surface area contributed by atoms with Crippen LogP contribution in [0.25, 0.3) is 0 Å². The molecule has 1 aliphatic heterocycles. The van der Waals surface area contributed by atoms with Crippen LogP contribution in [0.3, 0.4) is 0 Å². The number of sulfonamides is 1. The minimum Gasteiger partial charge on any atom is -0.447 e. The maximum atomic E-state index is 12.6. The Labute approximate surface area is 177 Å². The molecule has 1 aromatic heterocycles. The van der Waals surface area contributed by atoms with Gasteiger partial charge in [-0.05, 0) is 43.0 Å². The number of hydrogen-bond acceptors (Lipinski definition) is 6. The van der Waals surface area contributed by atoms with Gasteiger partial charge < -0.3 is 15.0 Å². The van der Waals surface area contributed by atoms with Crippen LogP contribution in [0.5, 0.6) is 10.8 Å². The summed E-state index contributed by atoms with van der Waals surface area (Å²) in [7, 11) is -3.48. The number of piperazine rings is 1. The molecule has 1 saturated carbocycles. The predicted molar refractivity (Wildman–Crippen MR) is 118 cm³/mol. The number of ether oxygens (including phenoxy) is 1. The monoisotopic (exact) mass is 435 g/mol. The summed E-state index contributed by atoms with van der Waals surface area (Å²) in [5.74, 6) is 1.18. The molecule has 0 radical (unpaired) electrons. The van der Waals surface area contributed by atoms with E-state index >= 15 is 0 Å². The summed E-state index contributed by atoms with van der Waals surface area (Å²) in [6.45, 7) is 4.42. The normalized spacial score (nSPS) is 18.7. The minimum absolute atomic E-state index is 0.307. The summed E-state index contributed by atoms with van der Waals surface area (Å²) in [4.78, 5) is 2.32. The van der Waals surface area contributed by atoms with Gasteiger partial charge in [-0.15, -0.1) is 0 Å². The molecule has 2 fully saturated rings. The van der Waals surface area contributed by atoms with Crippen LogP contribution in [-0.2, 0) is 10.0 Å². The minimum atomic E-state index is -3.48. The lowest BCUT2D eigenvalue weighted by atomic mass is 9.90. The second-order valence-electron chi connectivity index (χ2n) is 7.77. The van der Waals surface area contributed by atoms with Crippen LogP contribution in [0.2, 0.25) is 0 Å². The lowest BCUT2D eigenvalue weighted by Gasteiger charge is -2.29. The molecule has 2 N–H and O–H groups in total. The lowest BCUT2D eigenvalue weighted by molar-refractivity contribution is 0.357. The SMILES string of the molecule is O=S(=O)(NCC1CCCCC1)c1ccc(Oc2cccc(N3CCNCC3)c2)s1. The van der Waals surface area contributed by atoms with E-state index in [0.29, 0.717) is 21.7 Å². The second kappa shape index (κ2) is 9.47. The Morgan fingerprint density at radius 2 is 1.90 bits per heavy atom. The molecule has 0 amide bonds. The summed E-state index contributed by atoms with van der Waals surface area (Å²) in [5.41, 5.74) is 1.13. The molecule has 1 saturated heterocycles. The van der Waals surface area contributed by atoms with Gasteiger partial charge in [0.25, 0.3) is 0 Å². The Morgan fingerprint density at radius 3 is 2.69 bits per heavy atom. The van der Waals surface area contributed by atoms with Crippen LogP contribution < -0.4 is 19.7 Å². The van der Waals surface area contributed by atoms with Gasteiger partial charge in [0.15, 0.2) is 5.06 Å². The number of nitrogens with one attached hydrogen (secondary N) is 2. The van der Waals surface area contributed by atoms with Gasteiger partial charge in [-0.25, -0.2) is 13.1 Å². The van der Waals surface area contributed by atoms with E-state index in [1.165, 1.54) is 30.6 Å². The van der Waals surface area contributed by atoms with E-state index in [0.717, 1.165) is 50.5 Å². The largest absolute Gasteiger partial charge is 0.447 e. The Kier molecular flexibility index (Phi) is 6.74. The molecule has 4 rings (SSSR count). The number of benzene rings is 1. The third-order valence-corrected chi connectivity index (χ3v) is 8.51. The summed E-state index contributed by atoms with van der Waals surface area (Å²) in [6.07, 6.45) is 5.91. The molecule has 158 valence electrons. The highest BCUT2D eigenvalue weighted by Gasteiger charge is 2.21. The van der Waals surface area contributed by atoms with Crippen molar-refractivity contribution in [3.63, 3.8) is 0 Å². The second-order valence-corrected chi connectivity index (χ2v) is 10.8. The summed E-state index contributed by atoms with van der Waals surface area (Å²) >= 11 is 1.17. The van der Waals surface area contributed by atoms with Gasteiger partial charge in [0.2, 0.25) is 10.0 Å². The first-order valence-electron chi connectivity index (χ1n) is 10.4. The fourth-order valence-electron chi connectivity index (χ4n) is 3.98. The van der Waals surface area contributed by atoms with Gasteiger partial charge in [-0.2, -0.15) is 0 Å². The Hall–Kier alpha value is -1.61. The van der Waals surface area contributed by atoms with Crippen LogP contribution in [0, 0.1) is 5.92 Å². The molecular formula is C21H29N3O3S2. The smallest absolute Gasteiger partial charge is 0.250 e. The zero-order valence-electron chi connectivity index (χ0n) is 16.6. The van der Waals surface area contributed by atoms with Crippen molar-refractivity contribution in [3.8, 4) is 10.8 Å². The first-order valence-corrected chi connectivity index (χ1v) is 12.7. The molecule has 1 aromatic carbocycles. The fourth-order valence-corrected chi connectivity index (χ4v) is 6.29. The van der Waals surface area contributed by atoms with Gasteiger partial charge in [0, 0.05) is 44.5 Å². The highest BCUT2D eigenvalue weighted by molar-refractivity contribution is 7.91. The van der Waals surface area contributed by atoms with Crippen LogP contribution >= 0.6 is 11.3 Å². The zero-order valence-corrected chi connectivity index (χ0v) is 18.2. The standard InChI is InChI=1S/C21H29N3O3S2/c25-29(26,23-16-17-5-2-1-3-6-17)21-10-9-20(28-21)27-19-8-4-7-18(15-19)24-13-11-22-12-14-24/h4,7-10,15,17,22-23H,1-3,5-6,11-14,16H2. The number of anilines is 1. The van der Waals surface area contributed by atoms with E-state index in [-0.39, 0.29) is 0 Å². The number of hydrogen-bond donors (Lipinski definition) is 2. The third-order valence-electron chi connectivity index (χ3n) is 5.63. The van der Waals surface area contributed by atoms with Crippen molar-refractivity contribution in [3.05, 3.63) is 36.4 Å². The Balaban J connectivity index is 1.38. The van der Waals surface area contributed by atoms with Crippen molar-refractivity contribution in [2.75, 3.05) is 37.6 Å². The molecule has 0 spiro atoms. The molecule has 8 heteroatoms. The number of rotatable bonds is 7. The topological polar surface area (TPSA) is 70.7 Å². The van der Waals surface area contributed by atoms with Crippen LogP contribution in [0.1, 0.15) is 32.1 Å². The number of thiophene rings is 1. The quantitative estimate of drug-likeness (QED) is 0.692. The first kappa shape index (κ1) is 20.7. The Bertz CT molecular complexity index is 901. The predicted octanol–water partition coefficient (Wildman–Crippen LogP) is 3.81. The van der Waals surface area contributed by atoms with E-state index in [9.17, 15) is 8.42 Å². The molecule has 2 heterocycles. The van der Waals surface area contributed by atoms with E-state index in [1.807, 2.05) is 18.2 Å². The average Bonchev–Trinajstić information content (AvgIpc) is 3.23. The molecule has 0 unspecified atom stereocenters. The highest BCUT2D eigenvalue weighted by Crippen LogP contribution is 2.33. The maximum absolute atomic E-state index is 12.6. The van der Waals surface area contributed by atoms with Crippen molar-refractivity contribution in [1.82, 2.24) is 10.0 Å². The van der Waals surface area contributed by atoms with Gasteiger partial charge in [0.05, 0.1) is 0 Å². The average molecular weight is 436 g/mol. The highest BCUT2D eigenvalue weighted by atomic mass is 32.2. The van der Waals surface area contributed by atoms with E-state index in [4.69, 9.17) is 4.74 Å². The van der Waals surface area contributed by atoms with E-state index < -0.39 is 10.0 Å². The van der Waals surface area contributed by atoms with E-state index in [2.05, 4.69) is 21.0 Å². The van der Waals surface area contributed by atoms with Gasteiger partial charge in [0.1, 0.15) is 9.96 Å². The van der Waals surface area contributed by atoms with Gasteiger partial charge in [-0.1, -0.05) is 36.7 Å². The molecule has 0 bridgehead atoms. The lowest BCUT2D eigenvalue weighted by Crippen LogP contribution is -2.43. The molecular weight excluding hydrogens is 406 g/mol.